The van der Waals surface area contributed by atoms with E-state index in [2.05, 4.69) is 65.7 Å². The quantitative estimate of drug-likeness (QED) is 0.731. The van der Waals surface area contributed by atoms with E-state index in [9.17, 15) is 4.79 Å². The fourth-order valence-corrected chi connectivity index (χ4v) is 4.08. The van der Waals surface area contributed by atoms with Gasteiger partial charge in [0.2, 0.25) is 5.91 Å². The van der Waals surface area contributed by atoms with E-state index in [-0.39, 0.29) is 5.91 Å². The Labute approximate surface area is 154 Å². The summed E-state index contributed by atoms with van der Waals surface area (Å²) in [6.45, 7) is 5.77. The first-order valence-corrected chi connectivity index (χ1v) is 9.23. The van der Waals surface area contributed by atoms with Crippen LogP contribution in [0.5, 0.6) is 0 Å². The molecule has 1 aliphatic rings. The molecule has 132 valence electrons. The Kier molecular flexibility index (Phi) is 4.48. The first-order chi connectivity index (χ1) is 12.6. The SMILES string of the molecule is CC(=O)Nc1cccc2c1CCN(C(C)c1cccc3ccccc13)C2. The normalized spacial score (nSPS) is 15.5. The van der Waals surface area contributed by atoms with Crippen molar-refractivity contribution in [2.24, 2.45) is 0 Å². The molecule has 4 rings (SSSR count). The molecule has 0 bridgehead atoms. The van der Waals surface area contributed by atoms with Crippen molar-refractivity contribution in [1.29, 1.82) is 0 Å². The molecule has 1 unspecified atom stereocenters. The van der Waals surface area contributed by atoms with Crippen LogP contribution in [-0.4, -0.2) is 17.4 Å². The van der Waals surface area contributed by atoms with E-state index in [1.807, 2.05) is 12.1 Å². The van der Waals surface area contributed by atoms with Crippen molar-refractivity contribution in [3.63, 3.8) is 0 Å². The van der Waals surface area contributed by atoms with Gasteiger partial charge in [-0.05, 0) is 46.9 Å². The van der Waals surface area contributed by atoms with Gasteiger partial charge < -0.3 is 5.32 Å². The third-order valence-corrected chi connectivity index (χ3v) is 5.43. The van der Waals surface area contributed by atoms with Crippen LogP contribution in [0.15, 0.2) is 60.7 Å². The Balaban J connectivity index is 1.63. The second kappa shape index (κ2) is 6.93. The zero-order chi connectivity index (χ0) is 18.1. The van der Waals surface area contributed by atoms with Crippen LogP contribution in [0.3, 0.4) is 0 Å². The fourth-order valence-electron chi connectivity index (χ4n) is 4.08. The van der Waals surface area contributed by atoms with Gasteiger partial charge in [-0.1, -0.05) is 54.6 Å². The lowest BCUT2D eigenvalue weighted by atomic mass is 9.93. The summed E-state index contributed by atoms with van der Waals surface area (Å²) in [6, 6.07) is 21.8. The number of nitrogens with zero attached hydrogens (tertiary/aromatic N) is 1. The highest BCUT2D eigenvalue weighted by atomic mass is 16.1. The summed E-state index contributed by atoms with van der Waals surface area (Å²) in [6.07, 6.45) is 0.959. The number of anilines is 1. The predicted octanol–water partition coefficient (Wildman–Crippen LogP) is 4.92. The van der Waals surface area contributed by atoms with Gasteiger partial charge in [0, 0.05) is 31.7 Å². The van der Waals surface area contributed by atoms with Crippen molar-refractivity contribution in [1.82, 2.24) is 4.90 Å². The minimum Gasteiger partial charge on any atom is -0.326 e. The third kappa shape index (κ3) is 3.11. The summed E-state index contributed by atoms with van der Waals surface area (Å²) in [5.74, 6) is -0.00930. The van der Waals surface area contributed by atoms with E-state index < -0.39 is 0 Å². The molecule has 3 aromatic rings. The molecule has 1 atom stereocenters. The van der Waals surface area contributed by atoms with Gasteiger partial charge >= 0.3 is 0 Å². The maximum atomic E-state index is 11.5. The van der Waals surface area contributed by atoms with Gasteiger partial charge in [-0.3, -0.25) is 9.69 Å². The Morgan fingerprint density at radius 3 is 2.65 bits per heavy atom. The molecule has 0 saturated heterocycles. The van der Waals surface area contributed by atoms with Crippen LogP contribution in [0.2, 0.25) is 0 Å². The lowest BCUT2D eigenvalue weighted by molar-refractivity contribution is -0.114. The number of rotatable bonds is 3. The molecule has 3 heteroatoms. The monoisotopic (exact) mass is 344 g/mol. The molecule has 0 spiro atoms. The number of hydrogen-bond acceptors (Lipinski definition) is 2. The van der Waals surface area contributed by atoms with Crippen LogP contribution in [0.25, 0.3) is 10.8 Å². The molecule has 1 N–H and O–H groups in total. The highest BCUT2D eigenvalue weighted by Crippen LogP contribution is 2.33. The molecule has 0 aliphatic carbocycles. The van der Waals surface area contributed by atoms with E-state index in [0.717, 1.165) is 25.2 Å². The van der Waals surface area contributed by atoms with Crippen molar-refractivity contribution >= 4 is 22.4 Å². The van der Waals surface area contributed by atoms with Crippen LogP contribution in [-0.2, 0) is 17.8 Å². The smallest absolute Gasteiger partial charge is 0.221 e. The van der Waals surface area contributed by atoms with Gasteiger partial charge in [0.15, 0.2) is 0 Å². The predicted molar refractivity (Wildman–Crippen MR) is 107 cm³/mol. The minimum absolute atomic E-state index is 0.00930. The van der Waals surface area contributed by atoms with E-state index in [0.29, 0.717) is 6.04 Å². The second-order valence-electron chi connectivity index (χ2n) is 7.09. The van der Waals surface area contributed by atoms with E-state index >= 15 is 0 Å². The number of carbonyl (C=O) groups excluding carboxylic acids is 1. The topological polar surface area (TPSA) is 32.3 Å². The number of carbonyl (C=O) groups is 1. The molecule has 26 heavy (non-hydrogen) atoms. The fraction of sp³-hybridized carbons (Fsp3) is 0.261. The third-order valence-electron chi connectivity index (χ3n) is 5.43. The first kappa shape index (κ1) is 16.8. The summed E-state index contributed by atoms with van der Waals surface area (Å²) in [5, 5.41) is 5.60. The average Bonchev–Trinajstić information content (AvgIpc) is 2.66. The zero-order valence-corrected chi connectivity index (χ0v) is 15.3. The van der Waals surface area contributed by atoms with E-state index in [1.165, 1.54) is 27.5 Å². The van der Waals surface area contributed by atoms with Gasteiger partial charge in [-0.25, -0.2) is 0 Å². The largest absolute Gasteiger partial charge is 0.326 e. The van der Waals surface area contributed by atoms with Crippen LogP contribution in [0.1, 0.15) is 36.6 Å². The summed E-state index contributed by atoms with van der Waals surface area (Å²) in [7, 11) is 0. The second-order valence-corrected chi connectivity index (χ2v) is 7.09. The number of amides is 1. The lowest BCUT2D eigenvalue weighted by Crippen LogP contribution is -2.33. The van der Waals surface area contributed by atoms with Crippen molar-refractivity contribution < 1.29 is 4.79 Å². The van der Waals surface area contributed by atoms with Crippen molar-refractivity contribution in [3.8, 4) is 0 Å². The maximum Gasteiger partial charge on any atom is 0.221 e. The average molecular weight is 344 g/mol. The Bertz CT molecular complexity index is 958. The minimum atomic E-state index is -0.00930. The van der Waals surface area contributed by atoms with Crippen molar-refractivity contribution in [3.05, 3.63) is 77.4 Å². The van der Waals surface area contributed by atoms with Crippen molar-refractivity contribution in [2.45, 2.75) is 32.9 Å². The van der Waals surface area contributed by atoms with E-state index in [4.69, 9.17) is 0 Å². The standard InChI is InChI=1S/C23H24N2O/c1-16(20-11-5-8-18-7-3-4-10-21(18)20)25-14-13-22-19(15-25)9-6-12-23(22)24-17(2)26/h3-12,16H,13-15H2,1-2H3,(H,24,26). The van der Waals surface area contributed by atoms with Gasteiger partial charge in [0.25, 0.3) is 0 Å². The number of benzene rings is 3. The Morgan fingerprint density at radius 1 is 1.04 bits per heavy atom. The molecule has 1 heterocycles. The zero-order valence-electron chi connectivity index (χ0n) is 15.3. The summed E-state index contributed by atoms with van der Waals surface area (Å²) in [4.78, 5) is 14.0. The highest BCUT2D eigenvalue weighted by molar-refractivity contribution is 5.90. The lowest BCUT2D eigenvalue weighted by Gasteiger charge is -2.35. The molecule has 0 fully saturated rings. The maximum absolute atomic E-state index is 11.5. The molecule has 0 radical (unpaired) electrons. The molecule has 1 aliphatic heterocycles. The molecule has 3 aromatic carbocycles. The van der Waals surface area contributed by atoms with Gasteiger partial charge in [-0.15, -0.1) is 0 Å². The van der Waals surface area contributed by atoms with Crippen LogP contribution >= 0.6 is 0 Å². The van der Waals surface area contributed by atoms with Gasteiger partial charge in [0.1, 0.15) is 0 Å². The van der Waals surface area contributed by atoms with Crippen LogP contribution in [0.4, 0.5) is 5.69 Å². The molecular formula is C23H24N2O. The summed E-state index contributed by atoms with van der Waals surface area (Å²) >= 11 is 0. The Morgan fingerprint density at radius 2 is 1.81 bits per heavy atom. The number of hydrogen-bond donors (Lipinski definition) is 1. The number of fused-ring (bicyclic) bond motifs is 2. The Hall–Kier alpha value is -2.65. The highest BCUT2D eigenvalue weighted by Gasteiger charge is 2.24. The van der Waals surface area contributed by atoms with Crippen molar-refractivity contribution in [2.75, 3.05) is 11.9 Å². The molecule has 3 nitrogen and oxygen atoms in total. The molecule has 0 aromatic heterocycles. The summed E-state index contributed by atoms with van der Waals surface area (Å²) in [5.41, 5.74) is 4.94. The van der Waals surface area contributed by atoms with E-state index in [1.54, 1.807) is 6.92 Å². The molecule has 1 amide bonds. The first-order valence-electron chi connectivity index (χ1n) is 9.23. The van der Waals surface area contributed by atoms with Crippen LogP contribution in [0, 0.1) is 0 Å². The molecular weight excluding hydrogens is 320 g/mol. The number of nitrogens with one attached hydrogen (secondary N) is 1. The summed E-state index contributed by atoms with van der Waals surface area (Å²) < 4.78 is 0. The van der Waals surface area contributed by atoms with Gasteiger partial charge in [-0.2, -0.15) is 0 Å². The van der Waals surface area contributed by atoms with Crippen LogP contribution < -0.4 is 5.32 Å². The molecule has 0 saturated carbocycles. The van der Waals surface area contributed by atoms with Gasteiger partial charge in [0.05, 0.1) is 0 Å².